The third-order valence-electron chi connectivity index (χ3n) is 4.93. The number of amides is 2. The Bertz CT molecular complexity index is 1030. The molecule has 1 fully saturated rings. The molecule has 7 heteroatoms. The zero-order valence-electron chi connectivity index (χ0n) is 16.6. The zero-order valence-corrected chi connectivity index (χ0v) is 16.6. The van der Waals surface area contributed by atoms with Crippen LogP contribution in [0.2, 0.25) is 0 Å². The highest BCUT2D eigenvalue weighted by atomic mass is 16.5. The second kappa shape index (κ2) is 8.82. The molecule has 1 atom stereocenters. The molecule has 1 aliphatic rings. The van der Waals surface area contributed by atoms with E-state index in [1.807, 2.05) is 48.5 Å². The lowest BCUT2D eigenvalue weighted by Crippen LogP contribution is -2.48. The van der Waals surface area contributed by atoms with E-state index in [0.717, 1.165) is 24.0 Å². The largest absolute Gasteiger partial charge is 0.497 e. The number of benzene rings is 2. The van der Waals surface area contributed by atoms with E-state index < -0.39 is 11.9 Å². The van der Waals surface area contributed by atoms with Crippen molar-refractivity contribution in [1.29, 1.82) is 0 Å². The number of aromatic nitrogens is 1. The predicted octanol–water partition coefficient (Wildman–Crippen LogP) is 2.97. The van der Waals surface area contributed by atoms with Crippen molar-refractivity contribution in [3.8, 4) is 17.1 Å². The number of methoxy groups -OCH3 is 1. The second-order valence-corrected chi connectivity index (χ2v) is 7.31. The van der Waals surface area contributed by atoms with E-state index in [1.54, 1.807) is 19.2 Å². The molecule has 0 aliphatic heterocycles. The van der Waals surface area contributed by atoms with Crippen molar-refractivity contribution in [2.45, 2.75) is 31.3 Å². The molecule has 0 saturated heterocycles. The third kappa shape index (κ3) is 4.86. The fourth-order valence-corrected chi connectivity index (χ4v) is 3.12. The van der Waals surface area contributed by atoms with E-state index in [4.69, 9.17) is 9.26 Å². The number of hydrogen-bond acceptors (Lipinski definition) is 5. The molecule has 4 rings (SSSR count). The molecule has 0 bridgehead atoms. The summed E-state index contributed by atoms with van der Waals surface area (Å²) in [7, 11) is 1.58. The summed E-state index contributed by atoms with van der Waals surface area (Å²) in [5, 5.41) is 9.65. The first-order valence-electron chi connectivity index (χ1n) is 9.88. The van der Waals surface area contributed by atoms with Crippen molar-refractivity contribution in [3.05, 3.63) is 71.9 Å². The zero-order chi connectivity index (χ0) is 20.9. The number of rotatable bonds is 8. The Kier molecular flexibility index (Phi) is 5.79. The smallest absolute Gasteiger partial charge is 0.274 e. The van der Waals surface area contributed by atoms with Gasteiger partial charge in [0.1, 0.15) is 11.8 Å². The number of nitrogens with zero attached hydrogens (tertiary/aromatic N) is 1. The minimum absolute atomic E-state index is 0.116. The molecule has 0 radical (unpaired) electrons. The second-order valence-electron chi connectivity index (χ2n) is 7.31. The lowest BCUT2D eigenvalue weighted by atomic mass is 10.0. The molecular formula is C23H23N3O4. The van der Waals surface area contributed by atoms with Gasteiger partial charge in [-0.1, -0.05) is 47.6 Å². The van der Waals surface area contributed by atoms with Crippen LogP contribution in [0.4, 0.5) is 0 Å². The van der Waals surface area contributed by atoms with Gasteiger partial charge in [-0.3, -0.25) is 9.59 Å². The van der Waals surface area contributed by atoms with Gasteiger partial charge >= 0.3 is 0 Å². The van der Waals surface area contributed by atoms with Crippen molar-refractivity contribution < 1.29 is 18.8 Å². The van der Waals surface area contributed by atoms with Gasteiger partial charge in [-0.2, -0.15) is 0 Å². The van der Waals surface area contributed by atoms with Gasteiger partial charge < -0.3 is 19.9 Å². The number of carbonyl (C=O) groups excluding carboxylic acids is 2. The Balaban J connectivity index is 1.48. The molecule has 0 unspecified atom stereocenters. The Labute approximate surface area is 174 Å². The van der Waals surface area contributed by atoms with Gasteiger partial charge in [-0.05, 0) is 30.5 Å². The fourth-order valence-electron chi connectivity index (χ4n) is 3.12. The van der Waals surface area contributed by atoms with Gasteiger partial charge in [-0.25, -0.2) is 0 Å². The van der Waals surface area contributed by atoms with Crippen molar-refractivity contribution >= 4 is 11.8 Å². The van der Waals surface area contributed by atoms with E-state index >= 15 is 0 Å². The maximum Gasteiger partial charge on any atom is 0.274 e. The van der Waals surface area contributed by atoms with Gasteiger partial charge in [0.15, 0.2) is 11.5 Å². The van der Waals surface area contributed by atoms with Gasteiger partial charge in [0.2, 0.25) is 5.91 Å². The van der Waals surface area contributed by atoms with Crippen LogP contribution < -0.4 is 15.4 Å². The molecule has 1 aliphatic carbocycles. The molecule has 2 N–H and O–H groups in total. The summed E-state index contributed by atoms with van der Waals surface area (Å²) in [5.41, 5.74) is 1.82. The summed E-state index contributed by atoms with van der Waals surface area (Å²) in [6.45, 7) is 0. The van der Waals surface area contributed by atoms with Crippen LogP contribution in [0.1, 0.15) is 28.9 Å². The summed E-state index contributed by atoms with van der Waals surface area (Å²) < 4.78 is 10.6. The van der Waals surface area contributed by atoms with Crippen LogP contribution in [-0.2, 0) is 11.2 Å². The molecule has 7 nitrogen and oxygen atoms in total. The Hall–Kier alpha value is -3.61. The molecule has 30 heavy (non-hydrogen) atoms. The first kappa shape index (κ1) is 19.7. The summed E-state index contributed by atoms with van der Waals surface area (Å²) >= 11 is 0. The van der Waals surface area contributed by atoms with Crippen molar-refractivity contribution in [1.82, 2.24) is 15.8 Å². The van der Waals surface area contributed by atoms with Crippen molar-refractivity contribution in [2.75, 3.05) is 7.11 Å². The van der Waals surface area contributed by atoms with Gasteiger partial charge in [0, 0.05) is 24.1 Å². The van der Waals surface area contributed by atoms with Crippen LogP contribution in [0.15, 0.2) is 65.2 Å². The minimum atomic E-state index is -0.697. The fraction of sp³-hybridized carbons (Fsp3) is 0.261. The Morgan fingerprint density at radius 2 is 1.93 bits per heavy atom. The summed E-state index contributed by atoms with van der Waals surface area (Å²) in [4.78, 5) is 25.5. The minimum Gasteiger partial charge on any atom is -0.497 e. The average molecular weight is 405 g/mol. The van der Waals surface area contributed by atoms with Crippen LogP contribution in [0.5, 0.6) is 5.75 Å². The van der Waals surface area contributed by atoms with E-state index in [1.165, 1.54) is 0 Å². The van der Waals surface area contributed by atoms with E-state index in [0.29, 0.717) is 17.9 Å². The average Bonchev–Trinajstić information content (AvgIpc) is 3.45. The molecule has 1 heterocycles. The van der Waals surface area contributed by atoms with Gasteiger partial charge in [0.05, 0.1) is 7.11 Å². The van der Waals surface area contributed by atoms with Crippen molar-refractivity contribution in [2.24, 2.45) is 0 Å². The maximum absolute atomic E-state index is 12.8. The molecule has 3 aromatic rings. The number of carbonyl (C=O) groups is 2. The Morgan fingerprint density at radius 1 is 1.13 bits per heavy atom. The molecule has 2 amide bonds. The molecule has 154 valence electrons. The quantitative estimate of drug-likeness (QED) is 0.601. The van der Waals surface area contributed by atoms with Gasteiger partial charge in [0.25, 0.3) is 5.91 Å². The lowest BCUT2D eigenvalue weighted by molar-refractivity contribution is -0.123. The summed E-state index contributed by atoms with van der Waals surface area (Å²) in [6.07, 6.45) is 2.35. The van der Waals surface area contributed by atoms with Crippen molar-refractivity contribution in [3.63, 3.8) is 0 Å². The maximum atomic E-state index is 12.8. The molecule has 1 aromatic heterocycles. The monoisotopic (exact) mass is 405 g/mol. The highest BCUT2D eigenvalue weighted by Crippen LogP contribution is 2.24. The van der Waals surface area contributed by atoms with E-state index in [2.05, 4.69) is 15.8 Å². The van der Waals surface area contributed by atoms with Gasteiger partial charge in [-0.15, -0.1) is 0 Å². The SMILES string of the molecule is COc1cccc(-c2cc(C(=O)N[C@@H](Cc3ccccc3)C(=O)NC3CC3)no2)c1. The lowest BCUT2D eigenvalue weighted by Gasteiger charge is -2.18. The van der Waals surface area contributed by atoms with Crippen LogP contribution in [-0.4, -0.2) is 36.2 Å². The normalized spacial score (nSPS) is 14.0. The van der Waals surface area contributed by atoms with E-state index in [-0.39, 0.29) is 17.6 Å². The van der Waals surface area contributed by atoms with Crippen LogP contribution >= 0.6 is 0 Å². The van der Waals surface area contributed by atoms with Crippen LogP contribution in [0.3, 0.4) is 0 Å². The molecule has 1 saturated carbocycles. The Morgan fingerprint density at radius 3 is 2.67 bits per heavy atom. The number of ether oxygens (including phenoxy) is 1. The van der Waals surface area contributed by atoms with E-state index in [9.17, 15) is 9.59 Å². The first-order chi connectivity index (χ1) is 14.6. The predicted molar refractivity (Wildman–Crippen MR) is 111 cm³/mol. The topological polar surface area (TPSA) is 93.5 Å². The van der Waals surface area contributed by atoms with Crippen LogP contribution in [0, 0.1) is 0 Å². The molecule has 2 aromatic carbocycles. The molecular weight excluding hydrogens is 382 g/mol. The third-order valence-corrected chi connectivity index (χ3v) is 4.93. The number of nitrogens with one attached hydrogen (secondary N) is 2. The summed E-state index contributed by atoms with van der Waals surface area (Å²) in [5.74, 6) is 0.474. The highest BCUT2D eigenvalue weighted by molar-refractivity contribution is 5.96. The number of hydrogen-bond donors (Lipinski definition) is 2. The molecule has 0 spiro atoms. The van der Waals surface area contributed by atoms with Crippen LogP contribution in [0.25, 0.3) is 11.3 Å². The first-order valence-corrected chi connectivity index (χ1v) is 9.88. The summed E-state index contributed by atoms with van der Waals surface area (Å²) in [6, 6.07) is 17.9. The highest BCUT2D eigenvalue weighted by Gasteiger charge is 2.29. The standard InChI is InChI=1S/C23H23N3O4/c1-29-18-9-5-8-16(13-18)21-14-20(26-30-21)23(28)25-19(22(27)24-17-10-11-17)12-15-6-3-2-4-7-15/h2-9,13-14,17,19H,10-12H2,1H3,(H,24,27)(H,25,28)/t19-/m0/s1.